The number of hydrogen-bond donors (Lipinski definition) is 9. The van der Waals surface area contributed by atoms with Crippen LogP contribution >= 0.6 is 23.5 Å². The molecule has 0 aliphatic carbocycles. The van der Waals surface area contributed by atoms with E-state index in [0.29, 0.717) is 5.56 Å². The van der Waals surface area contributed by atoms with Crippen LogP contribution in [-0.2, 0) is 28.8 Å². The van der Waals surface area contributed by atoms with Crippen LogP contribution in [0.25, 0.3) is 0 Å². The number of carboxylic acid groups (broad SMARTS) is 3. The van der Waals surface area contributed by atoms with Crippen molar-refractivity contribution in [3.05, 3.63) is 71.8 Å². The van der Waals surface area contributed by atoms with E-state index < -0.39 is 92.1 Å². The molecule has 2 aromatic rings. The summed E-state index contributed by atoms with van der Waals surface area (Å²) in [6.07, 6.45) is 0. The molecule has 0 aromatic heterocycles. The van der Waals surface area contributed by atoms with Crippen LogP contribution in [0.2, 0.25) is 0 Å². The van der Waals surface area contributed by atoms with Gasteiger partial charge in [-0.2, -0.15) is 0 Å². The first-order chi connectivity index (χ1) is 22.9. The number of carbonyl (C=O) groups is 6. The lowest BCUT2D eigenvalue weighted by atomic mass is 10.0. The van der Waals surface area contributed by atoms with Crippen molar-refractivity contribution >= 4 is 59.2 Å². The quantitative estimate of drug-likeness (QED) is 0.136. The SMILES string of the molecule is CC1(C)S[C@H](C(NC(=O)[C@H](N)c2ccccc2)C(=O)N[C@@H](C(=O)N[C@H](C(=O)O)[C@@H]2N[C@@H](C(=O)O)C(C)(C)S2)c2ccccc2)N[C@H]1C(=O)O. The molecule has 4 rings (SSSR count). The van der Waals surface area contributed by atoms with E-state index in [-0.39, 0.29) is 5.56 Å². The van der Waals surface area contributed by atoms with Gasteiger partial charge in [-0.15, -0.1) is 23.5 Å². The summed E-state index contributed by atoms with van der Waals surface area (Å²) in [6, 6.07) is 8.44. The fraction of sp³-hybridized carbons (Fsp3) is 0.438. The molecule has 2 fully saturated rings. The molecule has 3 amide bonds. The Morgan fingerprint density at radius 3 is 1.51 bits per heavy atom. The Bertz CT molecular complexity index is 1580. The third kappa shape index (κ3) is 8.72. The number of nitrogens with one attached hydrogen (secondary N) is 5. The van der Waals surface area contributed by atoms with Crippen molar-refractivity contribution in [1.29, 1.82) is 0 Å². The smallest absolute Gasteiger partial charge is 0.328 e. The van der Waals surface area contributed by atoms with E-state index in [4.69, 9.17) is 5.73 Å². The van der Waals surface area contributed by atoms with E-state index in [0.717, 1.165) is 23.5 Å². The molecule has 15 nitrogen and oxygen atoms in total. The van der Waals surface area contributed by atoms with Gasteiger partial charge in [0.15, 0.2) is 6.04 Å². The van der Waals surface area contributed by atoms with E-state index in [9.17, 15) is 44.1 Å². The van der Waals surface area contributed by atoms with Gasteiger partial charge in [0.1, 0.15) is 30.2 Å². The third-order valence-electron chi connectivity index (χ3n) is 8.28. The lowest BCUT2D eigenvalue weighted by Crippen LogP contribution is -2.60. The molecule has 1 unspecified atom stereocenters. The van der Waals surface area contributed by atoms with E-state index in [2.05, 4.69) is 26.6 Å². The second-order valence-electron chi connectivity index (χ2n) is 12.7. The molecule has 2 aliphatic heterocycles. The summed E-state index contributed by atoms with van der Waals surface area (Å²) in [5.41, 5.74) is 6.95. The summed E-state index contributed by atoms with van der Waals surface area (Å²) < 4.78 is -1.83. The third-order valence-corrected chi connectivity index (χ3v) is 11.3. The first-order valence-electron chi connectivity index (χ1n) is 15.3. The zero-order chi connectivity index (χ0) is 36.3. The van der Waals surface area contributed by atoms with Crippen LogP contribution in [0, 0.1) is 0 Å². The minimum Gasteiger partial charge on any atom is -0.480 e. The van der Waals surface area contributed by atoms with E-state index in [1.165, 1.54) is 12.1 Å². The van der Waals surface area contributed by atoms with Crippen molar-refractivity contribution < 1.29 is 44.1 Å². The van der Waals surface area contributed by atoms with Gasteiger partial charge in [-0.25, -0.2) is 4.79 Å². The number of thioether (sulfide) groups is 2. The van der Waals surface area contributed by atoms with Crippen LogP contribution in [0.1, 0.15) is 50.9 Å². The minimum atomic E-state index is -1.60. The molecule has 264 valence electrons. The Labute approximate surface area is 290 Å². The van der Waals surface area contributed by atoms with Gasteiger partial charge in [0, 0.05) is 9.49 Å². The Kier molecular flexibility index (Phi) is 11.7. The normalized spacial score (nSPS) is 24.8. The number of hydrogen-bond acceptors (Lipinski definition) is 11. The summed E-state index contributed by atoms with van der Waals surface area (Å²) >= 11 is 2.15. The van der Waals surface area contributed by atoms with Crippen molar-refractivity contribution in [2.24, 2.45) is 5.73 Å². The van der Waals surface area contributed by atoms with Gasteiger partial charge in [0.2, 0.25) is 17.7 Å². The van der Waals surface area contributed by atoms with Gasteiger partial charge in [0.25, 0.3) is 0 Å². The Hall–Kier alpha value is -4.16. The molecular weight excluding hydrogens is 677 g/mol. The molecular formula is C32H40N6O9S2. The highest BCUT2D eigenvalue weighted by Crippen LogP contribution is 2.40. The molecule has 8 atom stereocenters. The Morgan fingerprint density at radius 1 is 0.653 bits per heavy atom. The largest absolute Gasteiger partial charge is 0.480 e. The molecule has 2 aromatic carbocycles. The van der Waals surface area contributed by atoms with Crippen LogP contribution in [0.5, 0.6) is 0 Å². The lowest BCUT2D eigenvalue weighted by molar-refractivity contribution is -0.143. The van der Waals surface area contributed by atoms with Crippen molar-refractivity contribution in [3.8, 4) is 0 Å². The highest BCUT2D eigenvalue weighted by molar-refractivity contribution is 8.01. The summed E-state index contributed by atoms with van der Waals surface area (Å²) in [5.74, 6) is -6.33. The maximum absolute atomic E-state index is 14.1. The van der Waals surface area contributed by atoms with Crippen LogP contribution in [0.15, 0.2) is 60.7 Å². The van der Waals surface area contributed by atoms with Crippen LogP contribution in [0.3, 0.4) is 0 Å². The van der Waals surface area contributed by atoms with Crippen molar-refractivity contribution in [1.82, 2.24) is 26.6 Å². The summed E-state index contributed by atoms with van der Waals surface area (Å²) in [4.78, 5) is 77.7. The second kappa shape index (κ2) is 15.2. The molecule has 0 bridgehead atoms. The number of benzene rings is 2. The van der Waals surface area contributed by atoms with Crippen LogP contribution in [-0.4, -0.2) is 95.4 Å². The first kappa shape index (κ1) is 37.7. The van der Waals surface area contributed by atoms with Crippen LogP contribution < -0.4 is 32.3 Å². The fourth-order valence-corrected chi connectivity index (χ4v) is 8.64. The number of aliphatic carboxylic acids is 3. The number of carboxylic acids is 3. The van der Waals surface area contributed by atoms with Gasteiger partial charge < -0.3 is 37.0 Å². The Balaban J connectivity index is 1.64. The van der Waals surface area contributed by atoms with Crippen LogP contribution in [0.4, 0.5) is 0 Å². The maximum Gasteiger partial charge on any atom is 0.328 e. The molecule has 0 saturated carbocycles. The van der Waals surface area contributed by atoms with Gasteiger partial charge in [-0.1, -0.05) is 60.7 Å². The molecule has 0 spiro atoms. The standard InChI is InChI=1S/C32H40N6O9S2/c1-31(2)21(29(44)45)37-26(48-31)19(35-23(39)17(33)15-11-7-5-8-12-15)25(41)34-18(16-13-9-6-10-14-16)24(40)36-20(28(42)43)27-38-22(30(46)47)32(3,4)49-27/h5-14,17-22,26-27,37-38H,33H2,1-4H3,(H,34,41)(H,35,39)(H,36,40)(H,42,43)(H,44,45)(H,46,47)/t17-,18-,19?,20+,21+,22+,26-,27-/m1/s1. The fourth-order valence-electron chi connectivity index (χ4n) is 5.67. The molecule has 2 heterocycles. The maximum atomic E-state index is 14.1. The molecule has 2 saturated heterocycles. The molecule has 0 radical (unpaired) electrons. The van der Waals surface area contributed by atoms with E-state index in [1.807, 2.05) is 0 Å². The first-order valence-corrected chi connectivity index (χ1v) is 17.0. The lowest BCUT2D eigenvalue weighted by Gasteiger charge is -2.29. The Morgan fingerprint density at radius 2 is 1.08 bits per heavy atom. The van der Waals surface area contributed by atoms with Gasteiger partial charge in [-0.3, -0.25) is 34.6 Å². The molecule has 2 aliphatic rings. The zero-order valence-corrected chi connectivity index (χ0v) is 28.7. The highest BCUT2D eigenvalue weighted by Gasteiger charge is 2.51. The van der Waals surface area contributed by atoms with Gasteiger partial charge >= 0.3 is 17.9 Å². The van der Waals surface area contributed by atoms with E-state index in [1.54, 1.807) is 76.2 Å². The minimum absolute atomic E-state index is 0.273. The zero-order valence-electron chi connectivity index (χ0n) is 27.1. The summed E-state index contributed by atoms with van der Waals surface area (Å²) in [5, 5.41) is 40.9. The van der Waals surface area contributed by atoms with Crippen molar-refractivity contribution in [2.75, 3.05) is 0 Å². The topological polar surface area (TPSA) is 249 Å². The number of carbonyl (C=O) groups excluding carboxylic acids is 3. The summed E-state index contributed by atoms with van der Waals surface area (Å²) in [7, 11) is 0. The van der Waals surface area contributed by atoms with Crippen molar-refractivity contribution in [3.63, 3.8) is 0 Å². The number of amides is 3. The van der Waals surface area contributed by atoms with E-state index >= 15 is 0 Å². The number of nitrogens with two attached hydrogens (primary N) is 1. The highest BCUT2D eigenvalue weighted by atomic mass is 32.2. The predicted octanol–water partition coefficient (Wildman–Crippen LogP) is 0.387. The van der Waals surface area contributed by atoms with Crippen molar-refractivity contribution in [2.45, 2.75) is 84.2 Å². The van der Waals surface area contributed by atoms with Gasteiger partial charge in [0.05, 0.1) is 10.7 Å². The molecule has 49 heavy (non-hydrogen) atoms. The molecule has 17 heteroatoms. The monoisotopic (exact) mass is 716 g/mol. The number of rotatable bonds is 13. The van der Waals surface area contributed by atoms with Gasteiger partial charge in [-0.05, 0) is 38.8 Å². The predicted molar refractivity (Wildman–Crippen MR) is 182 cm³/mol. The average Bonchev–Trinajstić information content (AvgIpc) is 3.55. The second-order valence-corrected chi connectivity index (χ2v) is 16.3. The average molecular weight is 717 g/mol. The summed E-state index contributed by atoms with van der Waals surface area (Å²) in [6.45, 7) is 6.63. The molecule has 10 N–H and O–H groups in total.